The molecule has 0 saturated heterocycles. The van der Waals surface area contributed by atoms with Gasteiger partial charge in [0.25, 0.3) is 5.91 Å². The average molecular weight is 292 g/mol. The number of nitrogens with two attached hydrogens (primary N) is 1. The Bertz CT molecular complexity index is 476. The van der Waals surface area contributed by atoms with Crippen LogP contribution < -0.4 is 10.5 Å². The fourth-order valence-corrected chi connectivity index (χ4v) is 1.32. The van der Waals surface area contributed by atoms with Crippen molar-refractivity contribution < 1.29 is 27.4 Å². The Morgan fingerprint density at radius 3 is 2.50 bits per heavy atom. The average Bonchev–Trinajstić information content (AvgIpc) is 2.32. The summed E-state index contributed by atoms with van der Waals surface area (Å²) in [6, 6.07) is 1.62. The lowest BCUT2D eigenvalue weighted by atomic mass is 10.2. The molecule has 0 aliphatic rings. The van der Waals surface area contributed by atoms with Gasteiger partial charge in [0.1, 0.15) is 17.9 Å². The van der Waals surface area contributed by atoms with Crippen molar-refractivity contribution in [1.82, 2.24) is 4.98 Å². The van der Waals surface area contributed by atoms with Crippen LogP contribution in [0.1, 0.15) is 29.9 Å². The third-order valence-electron chi connectivity index (χ3n) is 2.19. The maximum Gasteiger partial charge on any atom is 0.433 e. The van der Waals surface area contributed by atoms with Crippen LogP contribution in [-0.2, 0) is 10.9 Å². The van der Waals surface area contributed by atoms with Gasteiger partial charge in [0.05, 0.1) is 12.7 Å². The molecule has 0 saturated carbocycles. The van der Waals surface area contributed by atoms with Crippen LogP contribution in [0.4, 0.5) is 13.2 Å². The summed E-state index contributed by atoms with van der Waals surface area (Å²) in [6.07, 6.45) is -4.66. The van der Waals surface area contributed by atoms with Crippen molar-refractivity contribution in [1.29, 1.82) is 0 Å². The Labute approximate surface area is 113 Å². The molecule has 2 N–H and O–H groups in total. The number of rotatable bonds is 6. The molecule has 0 aromatic carbocycles. The van der Waals surface area contributed by atoms with Crippen LogP contribution in [-0.4, -0.2) is 30.2 Å². The van der Waals surface area contributed by atoms with Gasteiger partial charge in [-0.15, -0.1) is 0 Å². The number of primary amides is 1. The highest BCUT2D eigenvalue weighted by Crippen LogP contribution is 2.30. The predicted molar refractivity (Wildman–Crippen MR) is 64.3 cm³/mol. The number of amides is 1. The number of alkyl halides is 3. The first-order chi connectivity index (χ1) is 9.21. The van der Waals surface area contributed by atoms with Crippen LogP contribution in [0.15, 0.2) is 12.1 Å². The molecule has 5 nitrogen and oxygen atoms in total. The van der Waals surface area contributed by atoms with Gasteiger partial charge in [-0.25, -0.2) is 4.98 Å². The van der Waals surface area contributed by atoms with Crippen molar-refractivity contribution in [2.24, 2.45) is 5.73 Å². The molecule has 0 radical (unpaired) electrons. The van der Waals surface area contributed by atoms with Crippen molar-refractivity contribution in [2.75, 3.05) is 13.2 Å². The molecule has 0 atom stereocenters. The predicted octanol–water partition coefficient (Wildman–Crippen LogP) is 2.00. The summed E-state index contributed by atoms with van der Waals surface area (Å²) in [4.78, 5) is 14.4. The Kier molecular flexibility index (Phi) is 5.32. The molecule has 0 aliphatic carbocycles. The minimum Gasteiger partial charge on any atom is -0.475 e. The van der Waals surface area contributed by atoms with E-state index in [2.05, 4.69) is 4.98 Å². The molecule has 1 amide bonds. The lowest BCUT2D eigenvalue weighted by Crippen LogP contribution is -2.19. The minimum atomic E-state index is -4.62. The number of halogens is 3. The number of carbonyl (C=O) groups is 1. The standard InChI is InChI=1S/C12H15F3N2O3/c1-7(2)19-5-6-20-11-8(10(16)18)3-4-9(17-11)12(13,14)15/h3-4,7H,5-6H2,1-2H3,(H2,16,18). The van der Waals surface area contributed by atoms with Gasteiger partial charge >= 0.3 is 6.18 Å². The van der Waals surface area contributed by atoms with Gasteiger partial charge in [-0.3, -0.25) is 4.79 Å². The molecule has 112 valence electrons. The summed E-state index contributed by atoms with van der Waals surface area (Å²) in [5, 5.41) is 0. The molecule has 0 unspecified atom stereocenters. The minimum absolute atomic E-state index is 0.0349. The third kappa shape index (κ3) is 4.69. The van der Waals surface area contributed by atoms with E-state index in [4.69, 9.17) is 15.2 Å². The molecule has 1 rings (SSSR count). The zero-order valence-corrected chi connectivity index (χ0v) is 11.0. The highest BCUT2D eigenvalue weighted by Gasteiger charge is 2.33. The number of ether oxygens (including phenoxy) is 2. The summed E-state index contributed by atoms with van der Waals surface area (Å²) >= 11 is 0. The molecule has 20 heavy (non-hydrogen) atoms. The second-order valence-electron chi connectivity index (χ2n) is 4.18. The monoisotopic (exact) mass is 292 g/mol. The second kappa shape index (κ2) is 6.56. The zero-order chi connectivity index (χ0) is 15.3. The van der Waals surface area contributed by atoms with Gasteiger partial charge in [0.15, 0.2) is 0 Å². The number of carbonyl (C=O) groups excluding carboxylic acids is 1. The third-order valence-corrected chi connectivity index (χ3v) is 2.19. The van der Waals surface area contributed by atoms with Crippen molar-refractivity contribution in [3.63, 3.8) is 0 Å². The highest BCUT2D eigenvalue weighted by molar-refractivity contribution is 5.95. The molecular weight excluding hydrogens is 277 g/mol. The van der Waals surface area contributed by atoms with E-state index in [1.54, 1.807) is 13.8 Å². The summed E-state index contributed by atoms with van der Waals surface area (Å²) < 4.78 is 47.8. The molecule has 0 aliphatic heterocycles. The van der Waals surface area contributed by atoms with Gasteiger partial charge < -0.3 is 15.2 Å². The number of nitrogens with zero attached hydrogens (tertiary/aromatic N) is 1. The van der Waals surface area contributed by atoms with Crippen molar-refractivity contribution in [2.45, 2.75) is 26.1 Å². The Morgan fingerprint density at radius 1 is 1.35 bits per heavy atom. The fraction of sp³-hybridized carbons (Fsp3) is 0.500. The molecule has 0 fully saturated rings. The van der Waals surface area contributed by atoms with E-state index in [-0.39, 0.29) is 24.9 Å². The van der Waals surface area contributed by atoms with Crippen molar-refractivity contribution in [3.05, 3.63) is 23.4 Å². The van der Waals surface area contributed by atoms with Crippen LogP contribution >= 0.6 is 0 Å². The highest BCUT2D eigenvalue weighted by atomic mass is 19.4. The smallest absolute Gasteiger partial charge is 0.433 e. The number of pyridine rings is 1. The largest absolute Gasteiger partial charge is 0.475 e. The molecule has 0 spiro atoms. The van der Waals surface area contributed by atoms with E-state index in [1.165, 1.54) is 0 Å². The van der Waals surface area contributed by atoms with E-state index in [1.807, 2.05) is 0 Å². The first-order valence-corrected chi connectivity index (χ1v) is 5.84. The molecular formula is C12H15F3N2O3. The van der Waals surface area contributed by atoms with Crippen LogP contribution in [0.3, 0.4) is 0 Å². The van der Waals surface area contributed by atoms with Gasteiger partial charge in [-0.2, -0.15) is 13.2 Å². The van der Waals surface area contributed by atoms with Gasteiger partial charge in [-0.1, -0.05) is 0 Å². The van der Waals surface area contributed by atoms with E-state index in [0.29, 0.717) is 6.07 Å². The van der Waals surface area contributed by atoms with Crippen LogP contribution in [0.25, 0.3) is 0 Å². The molecule has 1 aromatic rings. The van der Waals surface area contributed by atoms with Crippen LogP contribution in [0.2, 0.25) is 0 Å². The van der Waals surface area contributed by atoms with Gasteiger partial charge in [0.2, 0.25) is 5.88 Å². The molecule has 1 heterocycles. The van der Waals surface area contributed by atoms with Crippen molar-refractivity contribution >= 4 is 5.91 Å². The van der Waals surface area contributed by atoms with Gasteiger partial charge in [0, 0.05) is 0 Å². The SMILES string of the molecule is CC(C)OCCOc1nc(C(F)(F)F)ccc1C(N)=O. The number of hydrogen-bond donors (Lipinski definition) is 1. The maximum absolute atomic E-state index is 12.5. The Hall–Kier alpha value is -1.83. The number of hydrogen-bond acceptors (Lipinski definition) is 4. The number of aromatic nitrogens is 1. The first-order valence-electron chi connectivity index (χ1n) is 5.84. The van der Waals surface area contributed by atoms with Crippen LogP contribution in [0, 0.1) is 0 Å². The van der Waals surface area contributed by atoms with Gasteiger partial charge in [-0.05, 0) is 26.0 Å². The Balaban J connectivity index is 2.87. The Morgan fingerprint density at radius 2 is 2.00 bits per heavy atom. The van der Waals surface area contributed by atoms with E-state index in [9.17, 15) is 18.0 Å². The molecule has 0 bridgehead atoms. The summed E-state index contributed by atoms with van der Waals surface area (Å²) in [7, 11) is 0. The fourth-order valence-electron chi connectivity index (χ4n) is 1.32. The quantitative estimate of drug-likeness (QED) is 0.814. The molecule has 1 aromatic heterocycles. The lowest BCUT2D eigenvalue weighted by molar-refractivity contribution is -0.141. The lowest BCUT2D eigenvalue weighted by Gasteiger charge is -2.12. The molecule has 8 heteroatoms. The zero-order valence-electron chi connectivity index (χ0n) is 11.0. The summed E-state index contributed by atoms with van der Waals surface area (Å²) in [5.74, 6) is -1.36. The van der Waals surface area contributed by atoms with E-state index in [0.717, 1.165) is 6.07 Å². The van der Waals surface area contributed by atoms with Crippen molar-refractivity contribution in [3.8, 4) is 5.88 Å². The normalized spacial score (nSPS) is 11.7. The van der Waals surface area contributed by atoms with E-state index < -0.39 is 23.7 Å². The van der Waals surface area contributed by atoms with Crippen LogP contribution in [0.5, 0.6) is 5.88 Å². The first kappa shape index (κ1) is 16.2. The van der Waals surface area contributed by atoms with E-state index >= 15 is 0 Å². The summed E-state index contributed by atoms with van der Waals surface area (Å²) in [6.45, 7) is 3.73. The second-order valence-corrected chi connectivity index (χ2v) is 4.18. The topological polar surface area (TPSA) is 74.4 Å². The maximum atomic E-state index is 12.5. The summed E-state index contributed by atoms with van der Waals surface area (Å²) in [5.41, 5.74) is 3.70.